The van der Waals surface area contributed by atoms with Crippen LogP contribution in [-0.2, 0) is 6.42 Å². The highest BCUT2D eigenvalue weighted by Gasteiger charge is 2.09. The molecular formula is C20H22N4. The molecule has 0 spiro atoms. The maximum atomic E-state index is 5.82. The number of nitrogen functional groups attached to an aromatic ring is 3. The van der Waals surface area contributed by atoms with Gasteiger partial charge in [0.1, 0.15) is 0 Å². The summed E-state index contributed by atoms with van der Waals surface area (Å²) in [5.74, 6) is 0. The van der Waals surface area contributed by atoms with Crippen molar-refractivity contribution in [2.24, 2.45) is 0 Å². The topological polar surface area (TPSA) is 81.3 Å². The SMILES string of the molecule is Nc1ccc(CCN(c2ccc(N)cc2)c2ccc(N)cc2)cc1. The number of rotatable bonds is 5. The van der Waals surface area contributed by atoms with Crippen molar-refractivity contribution in [1.82, 2.24) is 0 Å². The van der Waals surface area contributed by atoms with Crippen LogP contribution in [0.2, 0.25) is 0 Å². The third kappa shape index (κ3) is 3.79. The van der Waals surface area contributed by atoms with Crippen molar-refractivity contribution in [2.45, 2.75) is 6.42 Å². The normalized spacial score (nSPS) is 10.5. The van der Waals surface area contributed by atoms with E-state index in [-0.39, 0.29) is 0 Å². The molecule has 3 aromatic carbocycles. The summed E-state index contributed by atoms with van der Waals surface area (Å²) in [5.41, 5.74) is 23.1. The van der Waals surface area contributed by atoms with Crippen molar-refractivity contribution in [3.8, 4) is 0 Å². The van der Waals surface area contributed by atoms with Crippen LogP contribution in [0.5, 0.6) is 0 Å². The van der Waals surface area contributed by atoms with Crippen molar-refractivity contribution >= 4 is 28.4 Å². The number of nitrogens with two attached hydrogens (primary N) is 3. The van der Waals surface area contributed by atoms with Crippen molar-refractivity contribution in [2.75, 3.05) is 28.6 Å². The van der Waals surface area contributed by atoms with Gasteiger partial charge in [-0.25, -0.2) is 0 Å². The first-order valence-electron chi connectivity index (χ1n) is 7.95. The van der Waals surface area contributed by atoms with Crippen molar-refractivity contribution in [3.63, 3.8) is 0 Å². The van der Waals surface area contributed by atoms with E-state index in [0.29, 0.717) is 0 Å². The van der Waals surface area contributed by atoms with Gasteiger partial charge in [0, 0.05) is 35.0 Å². The lowest BCUT2D eigenvalue weighted by molar-refractivity contribution is 0.914. The predicted octanol–water partition coefficient (Wildman–Crippen LogP) is 3.81. The molecular weight excluding hydrogens is 296 g/mol. The molecule has 0 unspecified atom stereocenters. The van der Waals surface area contributed by atoms with E-state index in [1.807, 2.05) is 60.7 Å². The van der Waals surface area contributed by atoms with E-state index in [2.05, 4.69) is 17.0 Å². The Labute approximate surface area is 142 Å². The fraction of sp³-hybridized carbons (Fsp3) is 0.100. The second-order valence-electron chi connectivity index (χ2n) is 5.83. The molecule has 3 rings (SSSR count). The molecule has 0 fully saturated rings. The van der Waals surface area contributed by atoms with E-state index in [9.17, 15) is 0 Å². The van der Waals surface area contributed by atoms with Crippen LogP contribution >= 0.6 is 0 Å². The molecule has 0 aliphatic heterocycles. The van der Waals surface area contributed by atoms with E-state index in [4.69, 9.17) is 17.2 Å². The first-order chi connectivity index (χ1) is 11.6. The fourth-order valence-corrected chi connectivity index (χ4v) is 2.64. The minimum atomic E-state index is 0.759. The lowest BCUT2D eigenvalue weighted by Gasteiger charge is -2.25. The van der Waals surface area contributed by atoms with Crippen molar-refractivity contribution in [3.05, 3.63) is 78.4 Å². The summed E-state index contributed by atoms with van der Waals surface area (Å²) in [6.45, 7) is 0.845. The maximum absolute atomic E-state index is 5.82. The van der Waals surface area contributed by atoms with Gasteiger partial charge in [0.25, 0.3) is 0 Å². The van der Waals surface area contributed by atoms with Crippen LogP contribution in [-0.4, -0.2) is 6.54 Å². The molecule has 24 heavy (non-hydrogen) atoms. The zero-order chi connectivity index (χ0) is 16.9. The number of anilines is 5. The van der Waals surface area contributed by atoms with Gasteiger partial charge in [-0.15, -0.1) is 0 Å². The third-order valence-corrected chi connectivity index (χ3v) is 4.01. The molecule has 4 nitrogen and oxygen atoms in total. The number of hydrogen-bond acceptors (Lipinski definition) is 4. The third-order valence-electron chi connectivity index (χ3n) is 4.01. The van der Waals surface area contributed by atoms with Gasteiger partial charge < -0.3 is 22.1 Å². The summed E-state index contributed by atoms with van der Waals surface area (Å²) in [6.07, 6.45) is 0.912. The molecule has 0 saturated heterocycles. The Morgan fingerprint density at radius 1 is 0.542 bits per heavy atom. The average Bonchev–Trinajstić information content (AvgIpc) is 2.59. The van der Waals surface area contributed by atoms with Gasteiger partial charge in [-0.1, -0.05) is 12.1 Å². The van der Waals surface area contributed by atoms with Crippen LogP contribution in [0.1, 0.15) is 5.56 Å². The molecule has 0 atom stereocenters. The Bertz CT molecular complexity index is 732. The van der Waals surface area contributed by atoms with E-state index in [1.54, 1.807) is 0 Å². The van der Waals surface area contributed by atoms with E-state index < -0.39 is 0 Å². The lowest BCUT2D eigenvalue weighted by atomic mass is 10.1. The fourth-order valence-electron chi connectivity index (χ4n) is 2.64. The Morgan fingerprint density at radius 3 is 1.33 bits per heavy atom. The number of benzene rings is 3. The molecule has 4 heteroatoms. The molecule has 0 amide bonds. The van der Waals surface area contributed by atoms with Crippen LogP contribution in [0, 0.1) is 0 Å². The monoisotopic (exact) mass is 318 g/mol. The van der Waals surface area contributed by atoms with E-state index in [0.717, 1.165) is 41.4 Å². The molecule has 0 radical (unpaired) electrons. The minimum absolute atomic E-state index is 0.759. The zero-order valence-electron chi connectivity index (χ0n) is 13.5. The Kier molecular flexibility index (Phi) is 4.57. The standard InChI is InChI=1S/C20H22N4/c21-16-3-1-15(2-4-16)13-14-24(19-9-5-17(22)6-10-19)20-11-7-18(23)8-12-20/h1-12H,13-14,21-23H2. The van der Waals surface area contributed by atoms with Gasteiger partial charge in [0.15, 0.2) is 0 Å². The highest BCUT2D eigenvalue weighted by Crippen LogP contribution is 2.27. The molecule has 0 heterocycles. The van der Waals surface area contributed by atoms with Gasteiger partial charge >= 0.3 is 0 Å². The summed E-state index contributed by atoms with van der Waals surface area (Å²) in [5, 5.41) is 0. The molecule has 6 N–H and O–H groups in total. The van der Waals surface area contributed by atoms with Crippen LogP contribution in [0.25, 0.3) is 0 Å². The van der Waals surface area contributed by atoms with Gasteiger partial charge in [-0.2, -0.15) is 0 Å². The summed E-state index contributed by atoms with van der Waals surface area (Å²) in [6, 6.07) is 23.8. The van der Waals surface area contributed by atoms with Crippen LogP contribution < -0.4 is 22.1 Å². The zero-order valence-corrected chi connectivity index (χ0v) is 13.5. The van der Waals surface area contributed by atoms with Crippen molar-refractivity contribution < 1.29 is 0 Å². The molecule has 0 aromatic heterocycles. The summed E-state index contributed by atoms with van der Waals surface area (Å²) in [4.78, 5) is 2.26. The Morgan fingerprint density at radius 2 is 0.917 bits per heavy atom. The van der Waals surface area contributed by atoms with Gasteiger partial charge in [0.2, 0.25) is 0 Å². The smallest absolute Gasteiger partial charge is 0.0412 e. The van der Waals surface area contributed by atoms with Crippen LogP contribution in [0.4, 0.5) is 28.4 Å². The molecule has 3 aromatic rings. The van der Waals surface area contributed by atoms with Gasteiger partial charge in [-0.3, -0.25) is 0 Å². The highest BCUT2D eigenvalue weighted by atomic mass is 15.1. The van der Waals surface area contributed by atoms with E-state index >= 15 is 0 Å². The maximum Gasteiger partial charge on any atom is 0.0412 e. The quantitative estimate of drug-likeness (QED) is 0.625. The largest absolute Gasteiger partial charge is 0.399 e. The minimum Gasteiger partial charge on any atom is -0.399 e. The van der Waals surface area contributed by atoms with Crippen molar-refractivity contribution in [1.29, 1.82) is 0 Å². The Hall–Kier alpha value is -3.14. The summed E-state index contributed by atoms with van der Waals surface area (Å²) >= 11 is 0. The predicted molar refractivity (Wildman–Crippen MR) is 103 cm³/mol. The molecule has 0 saturated carbocycles. The summed E-state index contributed by atoms with van der Waals surface area (Å²) in [7, 11) is 0. The summed E-state index contributed by atoms with van der Waals surface area (Å²) < 4.78 is 0. The van der Waals surface area contributed by atoms with Gasteiger partial charge in [-0.05, 0) is 72.6 Å². The lowest BCUT2D eigenvalue weighted by Crippen LogP contribution is -2.20. The highest BCUT2D eigenvalue weighted by molar-refractivity contribution is 5.66. The second-order valence-corrected chi connectivity index (χ2v) is 5.83. The van der Waals surface area contributed by atoms with E-state index in [1.165, 1.54) is 5.56 Å². The van der Waals surface area contributed by atoms with Crippen LogP contribution in [0.3, 0.4) is 0 Å². The number of hydrogen-bond donors (Lipinski definition) is 3. The first-order valence-corrected chi connectivity index (χ1v) is 7.95. The Balaban J connectivity index is 1.85. The average molecular weight is 318 g/mol. The van der Waals surface area contributed by atoms with Gasteiger partial charge in [0.05, 0.1) is 0 Å². The molecule has 122 valence electrons. The number of nitrogens with zero attached hydrogens (tertiary/aromatic N) is 1. The second kappa shape index (κ2) is 6.96. The first kappa shape index (κ1) is 15.7. The van der Waals surface area contributed by atoms with Crippen LogP contribution in [0.15, 0.2) is 72.8 Å². The molecule has 0 aliphatic carbocycles. The molecule has 0 bridgehead atoms. The molecule has 0 aliphatic rings.